The molecule has 0 spiro atoms. The molecule has 1 aromatic rings. The molecule has 2 unspecified atom stereocenters. The normalized spacial score (nSPS) is 14.1. The van der Waals surface area contributed by atoms with Gasteiger partial charge in [0.2, 0.25) is 0 Å². The van der Waals surface area contributed by atoms with Crippen LogP contribution in [0.15, 0.2) is 18.2 Å². The van der Waals surface area contributed by atoms with Gasteiger partial charge >= 0.3 is 0 Å². The number of benzene rings is 1. The Hall–Kier alpha value is -1.49. The standard InChI is InChI=1S/C14H21FN2O2/c1-4-8-16-13(5-2)10(3)12-7-6-11(15)9-14(12)17(18)19/h6-7,9-10,13,16H,4-5,8H2,1-3H3. The summed E-state index contributed by atoms with van der Waals surface area (Å²) in [4.78, 5) is 10.5. The Kier molecular flexibility index (Phi) is 5.89. The molecule has 0 saturated carbocycles. The van der Waals surface area contributed by atoms with Crippen molar-refractivity contribution in [3.63, 3.8) is 0 Å². The quantitative estimate of drug-likeness (QED) is 0.607. The fraction of sp³-hybridized carbons (Fsp3) is 0.571. The monoisotopic (exact) mass is 268 g/mol. The zero-order valence-corrected chi connectivity index (χ0v) is 11.6. The topological polar surface area (TPSA) is 55.2 Å². The van der Waals surface area contributed by atoms with Crippen molar-refractivity contribution in [2.75, 3.05) is 6.54 Å². The van der Waals surface area contributed by atoms with Crippen LogP contribution >= 0.6 is 0 Å². The van der Waals surface area contributed by atoms with Crippen molar-refractivity contribution in [1.82, 2.24) is 5.32 Å². The molecular formula is C14H21FN2O2. The van der Waals surface area contributed by atoms with E-state index in [1.807, 2.05) is 13.8 Å². The molecule has 0 aliphatic carbocycles. The van der Waals surface area contributed by atoms with E-state index in [4.69, 9.17) is 0 Å². The number of hydrogen-bond acceptors (Lipinski definition) is 3. The Morgan fingerprint density at radius 3 is 2.63 bits per heavy atom. The first kappa shape index (κ1) is 15.6. The fourth-order valence-corrected chi connectivity index (χ4v) is 2.28. The van der Waals surface area contributed by atoms with E-state index in [-0.39, 0.29) is 17.6 Å². The molecule has 1 aromatic carbocycles. The largest absolute Gasteiger partial charge is 0.313 e. The van der Waals surface area contributed by atoms with Gasteiger partial charge < -0.3 is 5.32 Å². The second kappa shape index (κ2) is 7.19. The number of nitrogens with zero attached hydrogens (tertiary/aromatic N) is 1. The number of rotatable bonds is 7. The summed E-state index contributed by atoms with van der Waals surface area (Å²) in [5.74, 6) is -0.602. The Bertz CT molecular complexity index is 437. The molecule has 1 N–H and O–H groups in total. The van der Waals surface area contributed by atoms with Gasteiger partial charge in [0, 0.05) is 17.5 Å². The average Bonchev–Trinajstić information content (AvgIpc) is 2.39. The molecule has 1 rings (SSSR count). The minimum atomic E-state index is -0.572. The summed E-state index contributed by atoms with van der Waals surface area (Å²) in [7, 11) is 0. The first-order valence-electron chi connectivity index (χ1n) is 6.68. The van der Waals surface area contributed by atoms with E-state index in [2.05, 4.69) is 12.2 Å². The second-order valence-electron chi connectivity index (χ2n) is 4.72. The summed E-state index contributed by atoms with van der Waals surface area (Å²) >= 11 is 0. The molecule has 5 heteroatoms. The molecule has 4 nitrogen and oxygen atoms in total. The van der Waals surface area contributed by atoms with E-state index < -0.39 is 10.7 Å². The van der Waals surface area contributed by atoms with Crippen molar-refractivity contribution >= 4 is 5.69 Å². The number of hydrogen-bond donors (Lipinski definition) is 1. The Balaban J connectivity index is 3.03. The third-order valence-corrected chi connectivity index (χ3v) is 3.38. The molecule has 0 aliphatic heterocycles. The van der Waals surface area contributed by atoms with Crippen LogP contribution in [0.1, 0.15) is 45.1 Å². The van der Waals surface area contributed by atoms with Crippen molar-refractivity contribution in [2.45, 2.75) is 45.6 Å². The molecule has 2 atom stereocenters. The van der Waals surface area contributed by atoms with Gasteiger partial charge in [-0.2, -0.15) is 0 Å². The summed E-state index contributed by atoms with van der Waals surface area (Å²) in [6.07, 6.45) is 1.88. The molecule has 0 aliphatic rings. The van der Waals surface area contributed by atoms with Gasteiger partial charge in [-0.15, -0.1) is 0 Å². The van der Waals surface area contributed by atoms with Gasteiger partial charge in [-0.05, 0) is 31.5 Å². The van der Waals surface area contributed by atoms with Crippen LogP contribution in [0, 0.1) is 15.9 Å². The third-order valence-electron chi connectivity index (χ3n) is 3.38. The second-order valence-corrected chi connectivity index (χ2v) is 4.72. The SMILES string of the molecule is CCCNC(CC)C(C)c1ccc(F)cc1[N+](=O)[O-]. The summed E-state index contributed by atoms with van der Waals surface area (Å²) < 4.78 is 13.1. The van der Waals surface area contributed by atoms with E-state index in [1.165, 1.54) is 12.1 Å². The molecule has 0 bridgehead atoms. The minimum absolute atomic E-state index is 0.0300. The van der Waals surface area contributed by atoms with Crippen molar-refractivity contribution in [2.24, 2.45) is 0 Å². The van der Waals surface area contributed by atoms with E-state index >= 15 is 0 Å². The molecule has 106 valence electrons. The Labute approximate surface area is 113 Å². The van der Waals surface area contributed by atoms with E-state index in [0.717, 1.165) is 25.5 Å². The molecule has 0 saturated heterocycles. The average molecular weight is 268 g/mol. The van der Waals surface area contributed by atoms with Crippen LogP contribution in [0.2, 0.25) is 0 Å². The first-order valence-corrected chi connectivity index (χ1v) is 6.68. The third kappa shape index (κ3) is 3.99. The predicted octanol–water partition coefficient (Wildman–Crippen LogP) is 3.62. The number of nitrogens with one attached hydrogen (secondary N) is 1. The lowest BCUT2D eigenvalue weighted by atomic mass is 9.90. The van der Waals surface area contributed by atoms with E-state index in [9.17, 15) is 14.5 Å². The van der Waals surface area contributed by atoms with Crippen molar-refractivity contribution in [3.8, 4) is 0 Å². The summed E-state index contributed by atoms with van der Waals surface area (Å²) in [5.41, 5.74) is 0.450. The zero-order chi connectivity index (χ0) is 14.4. The highest BCUT2D eigenvalue weighted by Crippen LogP contribution is 2.30. The summed E-state index contributed by atoms with van der Waals surface area (Å²) in [6.45, 7) is 6.93. The van der Waals surface area contributed by atoms with Crippen molar-refractivity contribution < 1.29 is 9.31 Å². The molecule has 0 heterocycles. The van der Waals surface area contributed by atoms with Gasteiger partial charge in [-0.3, -0.25) is 10.1 Å². The first-order chi connectivity index (χ1) is 9.01. The van der Waals surface area contributed by atoms with E-state index in [1.54, 1.807) is 0 Å². The maximum absolute atomic E-state index is 13.1. The van der Waals surface area contributed by atoms with Crippen LogP contribution in [0.5, 0.6) is 0 Å². The van der Waals surface area contributed by atoms with E-state index in [0.29, 0.717) is 5.56 Å². The van der Waals surface area contributed by atoms with Gasteiger partial charge in [0.25, 0.3) is 5.69 Å². The van der Waals surface area contributed by atoms with Crippen molar-refractivity contribution in [1.29, 1.82) is 0 Å². The molecule has 0 radical (unpaired) electrons. The maximum Gasteiger partial charge on any atom is 0.275 e. The molecule has 0 fully saturated rings. The van der Waals surface area contributed by atoms with Crippen LogP contribution in [0.3, 0.4) is 0 Å². The highest BCUT2D eigenvalue weighted by Gasteiger charge is 2.24. The molecule has 0 amide bonds. The van der Waals surface area contributed by atoms with Gasteiger partial charge in [0.15, 0.2) is 0 Å². The predicted molar refractivity (Wildman–Crippen MR) is 73.8 cm³/mol. The number of nitro benzene ring substituents is 1. The Morgan fingerprint density at radius 2 is 2.11 bits per heavy atom. The summed E-state index contributed by atoms with van der Waals surface area (Å²) in [5, 5.41) is 14.4. The minimum Gasteiger partial charge on any atom is -0.313 e. The lowest BCUT2D eigenvalue weighted by molar-refractivity contribution is -0.385. The van der Waals surface area contributed by atoms with Crippen LogP contribution < -0.4 is 5.32 Å². The number of nitro groups is 1. The number of halogens is 1. The maximum atomic E-state index is 13.1. The molecule has 0 aromatic heterocycles. The highest BCUT2D eigenvalue weighted by atomic mass is 19.1. The van der Waals surface area contributed by atoms with Crippen LogP contribution in [-0.2, 0) is 0 Å². The molecular weight excluding hydrogens is 247 g/mol. The van der Waals surface area contributed by atoms with Gasteiger partial charge in [0.1, 0.15) is 5.82 Å². The van der Waals surface area contributed by atoms with Crippen LogP contribution in [0.4, 0.5) is 10.1 Å². The van der Waals surface area contributed by atoms with Crippen LogP contribution in [-0.4, -0.2) is 17.5 Å². The van der Waals surface area contributed by atoms with Gasteiger partial charge in [-0.1, -0.05) is 20.8 Å². The Morgan fingerprint density at radius 1 is 1.42 bits per heavy atom. The smallest absolute Gasteiger partial charge is 0.275 e. The van der Waals surface area contributed by atoms with Crippen LogP contribution in [0.25, 0.3) is 0 Å². The van der Waals surface area contributed by atoms with Gasteiger partial charge in [-0.25, -0.2) is 4.39 Å². The molecule has 19 heavy (non-hydrogen) atoms. The fourth-order valence-electron chi connectivity index (χ4n) is 2.28. The highest BCUT2D eigenvalue weighted by molar-refractivity contribution is 5.43. The lowest BCUT2D eigenvalue weighted by Gasteiger charge is -2.24. The van der Waals surface area contributed by atoms with Gasteiger partial charge in [0.05, 0.1) is 11.0 Å². The zero-order valence-electron chi connectivity index (χ0n) is 11.6. The van der Waals surface area contributed by atoms with Crippen molar-refractivity contribution in [3.05, 3.63) is 39.7 Å². The lowest BCUT2D eigenvalue weighted by Crippen LogP contribution is -2.34. The summed E-state index contributed by atoms with van der Waals surface area (Å²) in [6, 6.07) is 3.96.